The lowest BCUT2D eigenvalue weighted by Gasteiger charge is -2.32. The maximum absolute atomic E-state index is 11.6. The van der Waals surface area contributed by atoms with Gasteiger partial charge in [-0.2, -0.15) is 0 Å². The summed E-state index contributed by atoms with van der Waals surface area (Å²) < 4.78 is 5.45. The molecule has 8 heteroatoms. The Morgan fingerprint density at radius 3 is 2.88 bits per heavy atom. The number of hydrogen-bond acceptors (Lipinski definition) is 7. The van der Waals surface area contributed by atoms with Gasteiger partial charge in [0, 0.05) is 30.6 Å². The molecule has 0 radical (unpaired) electrons. The van der Waals surface area contributed by atoms with E-state index in [1.165, 1.54) is 17.8 Å². The molecule has 0 spiro atoms. The summed E-state index contributed by atoms with van der Waals surface area (Å²) in [6.07, 6.45) is 3.04. The quantitative estimate of drug-likeness (QED) is 0.558. The van der Waals surface area contributed by atoms with Crippen LogP contribution in [0.4, 0.5) is 5.82 Å². The topological polar surface area (TPSA) is 87.5 Å². The van der Waals surface area contributed by atoms with Gasteiger partial charge in [-0.15, -0.1) is 11.8 Å². The van der Waals surface area contributed by atoms with E-state index >= 15 is 0 Å². The van der Waals surface area contributed by atoms with Crippen molar-refractivity contribution in [1.29, 1.82) is 0 Å². The number of aromatic nitrogens is 1. The first-order valence-electron chi connectivity index (χ1n) is 11.0. The number of rotatable bonds is 6. The van der Waals surface area contributed by atoms with Gasteiger partial charge in [0.15, 0.2) is 0 Å². The Labute approximate surface area is 190 Å². The van der Waals surface area contributed by atoms with E-state index in [1.807, 2.05) is 36.4 Å². The molecule has 2 aliphatic heterocycles. The maximum Gasteiger partial charge on any atom is 0.336 e. The number of thioether (sulfide) groups is 1. The van der Waals surface area contributed by atoms with Gasteiger partial charge in [-0.1, -0.05) is 18.2 Å². The molecule has 32 heavy (non-hydrogen) atoms. The second-order valence-corrected chi connectivity index (χ2v) is 9.34. The minimum atomic E-state index is -0.300. The Balaban J connectivity index is 1.11. The molecular formula is C24H26N4O3S. The van der Waals surface area contributed by atoms with Crippen LogP contribution in [0.1, 0.15) is 24.1 Å². The normalized spacial score (nSPS) is 17.3. The van der Waals surface area contributed by atoms with Crippen LogP contribution in [0.15, 0.2) is 56.6 Å². The van der Waals surface area contributed by atoms with Gasteiger partial charge in [0.1, 0.15) is 11.4 Å². The molecule has 166 valence electrons. The fourth-order valence-corrected chi connectivity index (χ4v) is 5.10. The summed E-state index contributed by atoms with van der Waals surface area (Å²) in [7, 11) is 0. The highest BCUT2D eigenvalue weighted by atomic mass is 32.2. The maximum atomic E-state index is 11.6. The highest BCUT2D eigenvalue weighted by molar-refractivity contribution is 8.00. The van der Waals surface area contributed by atoms with E-state index in [9.17, 15) is 9.59 Å². The fraction of sp³-hybridized carbons (Fsp3) is 0.375. The van der Waals surface area contributed by atoms with E-state index in [2.05, 4.69) is 20.5 Å². The van der Waals surface area contributed by atoms with Gasteiger partial charge in [0.25, 0.3) is 0 Å². The van der Waals surface area contributed by atoms with Crippen LogP contribution in [-0.4, -0.2) is 47.2 Å². The van der Waals surface area contributed by atoms with Crippen molar-refractivity contribution < 1.29 is 9.21 Å². The molecule has 7 nitrogen and oxygen atoms in total. The number of anilines is 1. The van der Waals surface area contributed by atoms with Crippen molar-refractivity contribution in [2.75, 3.05) is 30.7 Å². The minimum Gasteiger partial charge on any atom is -0.422 e. The minimum absolute atomic E-state index is 0.0121. The predicted molar refractivity (Wildman–Crippen MR) is 126 cm³/mol. The van der Waals surface area contributed by atoms with Crippen LogP contribution in [0, 0.1) is 0 Å². The van der Waals surface area contributed by atoms with E-state index in [-0.39, 0.29) is 11.5 Å². The summed E-state index contributed by atoms with van der Waals surface area (Å²) in [5.74, 6) is 1.16. The fourth-order valence-electron chi connectivity index (χ4n) is 4.34. The van der Waals surface area contributed by atoms with Crippen LogP contribution >= 0.6 is 11.8 Å². The van der Waals surface area contributed by atoms with Gasteiger partial charge in [0.2, 0.25) is 5.91 Å². The molecule has 4 heterocycles. The van der Waals surface area contributed by atoms with Crippen LogP contribution < -0.4 is 16.3 Å². The van der Waals surface area contributed by atoms with Crippen molar-refractivity contribution in [3.05, 3.63) is 64.1 Å². The van der Waals surface area contributed by atoms with Gasteiger partial charge < -0.3 is 20.0 Å². The highest BCUT2D eigenvalue weighted by Gasteiger charge is 2.20. The standard InChI is InChI=1S/C24H26N4O3S/c29-21-15-32-20-6-5-19(26-24(20)27-21)14-25-18-9-12-28(13-10-18)11-8-17-3-1-2-16-4-7-22(30)31-23(16)17/h1-7,18,25H,8-15H2,(H,26,27,29). The SMILES string of the molecule is O=C1CSc2ccc(CNC3CCN(CCc4cccc5ccc(=O)oc45)CC3)nc2N1. The average Bonchev–Trinajstić information content (AvgIpc) is 2.81. The van der Waals surface area contributed by atoms with Gasteiger partial charge >= 0.3 is 5.63 Å². The average molecular weight is 451 g/mol. The molecule has 2 N–H and O–H groups in total. The van der Waals surface area contributed by atoms with Gasteiger partial charge in [-0.05, 0) is 56.1 Å². The van der Waals surface area contributed by atoms with E-state index in [4.69, 9.17) is 4.42 Å². The van der Waals surface area contributed by atoms with Crippen LogP contribution in [0.25, 0.3) is 11.0 Å². The Morgan fingerprint density at radius 2 is 2.00 bits per heavy atom. The molecule has 3 aromatic rings. The predicted octanol–water partition coefficient (Wildman–Crippen LogP) is 3.03. The van der Waals surface area contributed by atoms with Crippen molar-refractivity contribution in [1.82, 2.24) is 15.2 Å². The van der Waals surface area contributed by atoms with Gasteiger partial charge in [-0.25, -0.2) is 9.78 Å². The monoisotopic (exact) mass is 450 g/mol. The summed E-state index contributed by atoms with van der Waals surface area (Å²) >= 11 is 1.53. The second-order valence-electron chi connectivity index (χ2n) is 8.32. The molecule has 1 saturated heterocycles. The van der Waals surface area contributed by atoms with Crippen LogP contribution in [0.5, 0.6) is 0 Å². The number of fused-ring (bicyclic) bond motifs is 2. The third-order valence-electron chi connectivity index (χ3n) is 6.12. The number of nitrogens with one attached hydrogen (secondary N) is 2. The van der Waals surface area contributed by atoms with Crippen molar-refractivity contribution in [3.63, 3.8) is 0 Å². The van der Waals surface area contributed by atoms with Crippen molar-refractivity contribution in [2.45, 2.75) is 36.7 Å². The summed E-state index contributed by atoms with van der Waals surface area (Å²) in [5.41, 5.74) is 2.45. The van der Waals surface area contributed by atoms with Crippen LogP contribution in [0.2, 0.25) is 0 Å². The van der Waals surface area contributed by atoms with Crippen LogP contribution in [0.3, 0.4) is 0 Å². The molecule has 1 aromatic carbocycles. The molecule has 2 aromatic heterocycles. The van der Waals surface area contributed by atoms with E-state index < -0.39 is 0 Å². The third kappa shape index (κ3) is 4.87. The Hall–Kier alpha value is -2.68. The number of carbonyl (C=O) groups is 1. The molecule has 0 bridgehead atoms. The molecule has 0 saturated carbocycles. The zero-order valence-corrected chi connectivity index (χ0v) is 18.6. The number of piperidine rings is 1. The molecule has 0 unspecified atom stereocenters. The summed E-state index contributed by atoms with van der Waals surface area (Å²) in [5, 5.41) is 7.45. The molecule has 0 atom stereocenters. The first-order valence-corrected chi connectivity index (χ1v) is 12.0. The van der Waals surface area contributed by atoms with Gasteiger partial charge in [-0.3, -0.25) is 4.79 Å². The first kappa shape index (κ1) is 21.2. The Kier molecular flexibility index (Phi) is 6.25. The molecular weight excluding hydrogens is 424 g/mol. The number of carbonyl (C=O) groups excluding carboxylic acids is 1. The summed E-state index contributed by atoms with van der Waals surface area (Å²) in [6.45, 7) is 3.73. The third-order valence-corrected chi connectivity index (χ3v) is 7.16. The first-order chi connectivity index (χ1) is 15.6. The Morgan fingerprint density at radius 1 is 1.12 bits per heavy atom. The van der Waals surface area contributed by atoms with Crippen molar-refractivity contribution in [2.24, 2.45) is 0 Å². The smallest absolute Gasteiger partial charge is 0.336 e. The number of nitrogens with zero attached hydrogens (tertiary/aromatic N) is 2. The lowest BCUT2D eigenvalue weighted by atomic mass is 10.0. The highest BCUT2D eigenvalue weighted by Crippen LogP contribution is 2.29. The number of para-hydroxylation sites is 1. The molecule has 1 amide bonds. The lowest BCUT2D eigenvalue weighted by Crippen LogP contribution is -2.43. The van der Waals surface area contributed by atoms with Crippen LogP contribution in [-0.2, 0) is 17.8 Å². The van der Waals surface area contributed by atoms with E-state index in [0.717, 1.165) is 60.4 Å². The summed E-state index contributed by atoms with van der Waals surface area (Å²) in [4.78, 5) is 31.3. The second kappa shape index (κ2) is 9.44. The molecule has 2 aliphatic rings. The lowest BCUT2D eigenvalue weighted by molar-refractivity contribution is -0.113. The number of pyridine rings is 1. The van der Waals surface area contributed by atoms with E-state index in [1.54, 1.807) is 0 Å². The molecule has 1 fully saturated rings. The number of likely N-dealkylation sites (tertiary alicyclic amines) is 1. The molecule has 5 rings (SSSR count). The van der Waals surface area contributed by atoms with Crippen molar-refractivity contribution >= 4 is 34.5 Å². The molecule has 0 aliphatic carbocycles. The zero-order valence-electron chi connectivity index (χ0n) is 17.8. The largest absolute Gasteiger partial charge is 0.422 e. The number of benzene rings is 1. The van der Waals surface area contributed by atoms with Gasteiger partial charge in [0.05, 0.1) is 16.3 Å². The summed E-state index contributed by atoms with van der Waals surface area (Å²) in [6, 6.07) is 13.9. The Bertz CT molecular complexity index is 1190. The number of hydrogen-bond donors (Lipinski definition) is 2. The number of amides is 1. The van der Waals surface area contributed by atoms with Crippen molar-refractivity contribution in [3.8, 4) is 0 Å². The zero-order chi connectivity index (χ0) is 21.9. The van der Waals surface area contributed by atoms with E-state index in [0.29, 0.717) is 29.7 Å².